The van der Waals surface area contributed by atoms with Gasteiger partial charge in [0.05, 0.1) is 5.69 Å². The number of H-pyrrole nitrogens is 1. The van der Waals surface area contributed by atoms with Gasteiger partial charge in [0.25, 0.3) is 0 Å². The molecule has 12 heteroatoms. The second-order valence-electron chi connectivity index (χ2n) is 8.03. The normalized spacial score (nSPS) is 12.5. The molecule has 0 aromatic carbocycles. The van der Waals surface area contributed by atoms with Gasteiger partial charge in [-0.3, -0.25) is 5.10 Å². The van der Waals surface area contributed by atoms with Crippen molar-refractivity contribution in [3.8, 4) is 0 Å². The Balaban J connectivity index is 1.74. The number of aryl methyl sites for hydroxylation is 4. The van der Waals surface area contributed by atoms with E-state index in [9.17, 15) is 10.2 Å². The molecule has 3 N–H and O–H groups in total. The summed E-state index contributed by atoms with van der Waals surface area (Å²) in [6.45, 7) is 0. The average Bonchev–Trinajstić information content (AvgIpc) is 3.59. The highest BCUT2D eigenvalue weighted by Gasteiger charge is 2.47. The molecule has 0 bridgehead atoms. The van der Waals surface area contributed by atoms with E-state index in [1.54, 1.807) is 102 Å². The Morgan fingerprint density at radius 1 is 0.636 bits per heavy atom. The van der Waals surface area contributed by atoms with Crippen molar-refractivity contribution in [1.82, 2.24) is 48.4 Å². The fourth-order valence-corrected chi connectivity index (χ4v) is 4.22. The summed E-state index contributed by atoms with van der Waals surface area (Å²) in [4.78, 5) is 17.5. The summed E-state index contributed by atoms with van der Waals surface area (Å²) in [6, 6.07) is 1.59. The van der Waals surface area contributed by atoms with Gasteiger partial charge in [-0.05, 0) is 6.07 Å². The minimum absolute atomic E-state index is 0.211. The van der Waals surface area contributed by atoms with Crippen LogP contribution in [0.25, 0.3) is 0 Å². The molecule has 5 rings (SSSR count). The van der Waals surface area contributed by atoms with E-state index in [4.69, 9.17) is 0 Å². The van der Waals surface area contributed by atoms with Crippen LogP contribution in [0.2, 0.25) is 0 Å². The number of aromatic nitrogens is 10. The second kappa shape index (κ2) is 7.25. The molecule has 0 aliphatic rings. The fourth-order valence-electron chi connectivity index (χ4n) is 4.22. The first-order chi connectivity index (χ1) is 15.8. The number of imidazole rings is 4. The van der Waals surface area contributed by atoms with Crippen LogP contribution in [0, 0.1) is 0 Å². The highest BCUT2D eigenvalue weighted by Crippen LogP contribution is 2.38. The van der Waals surface area contributed by atoms with E-state index >= 15 is 0 Å². The Labute approximate surface area is 188 Å². The third-order valence-corrected chi connectivity index (χ3v) is 5.92. The van der Waals surface area contributed by atoms with E-state index in [0.29, 0.717) is 23.3 Å². The molecule has 0 aliphatic heterocycles. The van der Waals surface area contributed by atoms with Gasteiger partial charge < -0.3 is 28.5 Å². The quantitative estimate of drug-likeness (QED) is 0.330. The molecule has 0 atom stereocenters. The predicted octanol–water partition coefficient (Wildman–Crippen LogP) is -0.0879. The van der Waals surface area contributed by atoms with Crippen LogP contribution in [0.3, 0.4) is 0 Å². The molecule has 0 saturated heterocycles. The lowest BCUT2D eigenvalue weighted by atomic mass is 9.92. The van der Waals surface area contributed by atoms with E-state index in [0.717, 1.165) is 0 Å². The molecular formula is C21H24N10O2. The first kappa shape index (κ1) is 20.8. The molecule has 170 valence electrons. The third-order valence-electron chi connectivity index (χ3n) is 5.92. The minimum atomic E-state index is -1.80. The summed E-state index contributed by atoms with van der Waals surface area (Å²) in [5, 5.41) is 31.4. The van der Waals surface area contributed by atoms with E-state index in [2.05, 4.69) is 30.1 Å². The van der Waals surface area contributed by atoms with Crippen molar-refractivity contribution >= 4 is 0 Å². The lowest BCUT2D eigenvalue weighted by Crippen LogP contribution is -2.36. The standard InChI is InChI=1S/C21H24N10O2/c1-28-9-5-22-16(28)20(32,17-23-6-10-29(17)2)14-13-15(27-26-14)21(33,18-24-7-11-30(18)3)19-25-8-12-31(19)4/h5-13,32-33H,1-4H3,(H,26,27). The topological polar surface area (TPSA) is 140 Å². The maximum atomic E-state index is 12.1. The zero-order valence-electron chi connectivity index (χ0n) is 18.6. The van der Waals surface area contributed by atoms with Crippen LogP contribution in [0.15, 0.2) is 55.6 Å². The van der Waals surface area contributed by atoms with Gasteiger partial charge in [0.15, 0.2) is 23.3 Å². The smallest absolute Gasteiger partial charge is 0.225 e. The summed E-state index contributed by atoms with van der Waals surface area (Å²) in [5.41, 5.74) is -3.08. The van der Waals surface area contributed by atoms with Crippen LogP contribution in [0.4, 0.5) is 0 Å². The van der Waals surface area contributed by atoms with Crippen molar-refractivity contribution in [2.75, 3.05) is 0 Å². The Hall–Kier alpha value is -4.03. The highest BCUT2D eigenvalue weighted by atomic mass is 16.3. The van der Waals surface area contributed by atoms with Gasteiger partial charge in [0, 0.05) is 77.8 Å². The Bertz CT molecular complexity index is 1230. The van der Waals surface area contributed by atoms with Crippen LogP contribution >= 0.6 is 0 Å². The number of rotatable bonds is 6. The zero-order chi connectivity index (χ0) is 23.4. The van der Waals surface area contributed by atoms with Gasteiger partial charge in [0.1, 0.15) is 5.69 Å². The van der Waals surface area contributed by atoms with Crippen molar-refractivity contribution in [2.45, 2.75) is 11.2 Å². The van der Waals surface area contributed by atoms with E-state index in [1.165, 1.54) is 0 Å². The first-order valence-electron chi connectivity index (χ1n) is 10.2. The van der Waals surface area contributed by atoms with Gasteiger partial charge >= 0.3 is 0 Å². The highest BCUT2D eigenvalue weighted by molar-refractivity contribution is 5.40. The van der Waals surface area contributed by atoms with Crippen molar-refractivity contribution in [2.24, 2.45) is 28.2 Å². The van der Waals surface area contributed by atoms with Gasteiger partial charge in [-0.1, -0.05) is 0 Å². The van der Waals surface area contributed by atoms with Crippen LogP contribution < -0.4 is 0 Å². The van der Waals surface area contributed by atoms with Crippen LogP contribution in [-0.4, -0.2) is 58.6 Å². The summed E-state index contributed by atoms with van der Waals surface area (Å²) < 4.78 is 6.82. The molecule has 0 radical (unpaired) electrons. The Kier molecular flexibility index (Phi) is 4.58. The number of hydrogen-bond donors (Lipinski definition) is 3. The second-order valence-corrected chi connectivity index (χ2v) is 8.03. The Morgan fingerprint density at radius 2 is 1.00 bits per heavy atom. The molecule has 0 spiro atoms. The maximum absolute atomic E-state index is 12.1. The molecule has 5 heterocycles. The fraction of sp³-hybridized carbons (Fsp3) is 0.286. The van der Waals surface area contributed by atoms with Crippen LogP contribution in [0.5, 0.6) is 0 Å². The molecular weight excluding hydrogens is 424 g/mol. The van der Waals surface area contributed by atoms with Gasteiger partial charge in [-0.2, -0.15) is 5.10 Å². The number of nitrogens with zero attached hydrogens (tertiary/aromatic N) is 9. The molecule has 5 aromatic heterocycles. The molecule has 0 fully saturated rings. The predicted molar refractivity (Wildman–Crippen MR) is 116 cm³/mol. The summed E-state index contributed by atoms with van der Waals surface area (Å²) in [6.07, 6.45) is 13.3. The number of aromatic amines is 1. The summed E-state index contributed by atoms with van der Waals surface area (Å²) >= 11 is 0. The van der Waals surface area contributed by atoms with E-state index in [1.807, 2.05) is 0 Å². The molecule has 12 nitrogen and oxygen atoms in total. The zero-order valence-corrected chi connectivity index (χ0v) is 18.6. The monoisotopic (exact) mass is 448 g/mol. The lowest BCUT2D eigenvalue weighted by molar-refractivity contribution is 0.0927. The third kappa shape index (κ3) is 2.88. The Morgan fingerprint density at radius 3 is 1.33 bits per heavy atom. The van der Waals surface area contributed by atoms with Crippen molar-refractivity contribution in [1.29, 1.82) is 0 Å². The minimum Gasteiger partial charge on any atom is -0.370 e. The van der Waals surface area contributed by atoms with Crippen LogP contribution in [-0.2, 0) is 39.4 Å². The van der Waals surface area contributed by atoms with Gasteiger partial charge in [-0.15, -0.1) is 0 Å². The van der Waals surface area contributed by atoms with Crippen LogP contribution in [0.1, 0.15) is 34.7 Å². The molecule has 5 aromatic rings. The molecule has 0 unspecified atom stereocenters. The number of nitrogens with one attached hydrogen (secondary N) is 1. The lowest BCUT2D eigenvalue weighted by Gasteiger charge is -2.26. The molecule has 0 aliphatic carbocycles. The van der Waals surface area contributed by atoms with Crippen molar-refractivity contribution in [3.05, 3.63) is 90.3 Å². The first-order valence-corrected chi connectivity index (χ1v) is 10.2. The number of aliphatic hydroxyl groups is 2. The maximum Gasteiger partial charge on any atom is 0.225 e. The van der Waals surface area contributed by atoms with E-state index in [-0.39, 0.29) is 11.4 Å². The average molecular weight is 448 g/mol. The van der Waals surface area contributed by atoms with Crippen molar-refractivity contribution < 1.29 is 10.2 Å². The summed E-state index contributed by atoms with van der Waals surface area (Å²) in [7, 11) is 7.13. The number of hydrogen-bond acceptors (Lipinski definition) is 7. The SMILES string of the molecule is Cn1ccnc1C(O)(c1cc(C(O)(c2nccn2C)c2nccn2C)[nH]n1)c1nccn1C. The molecule has 0 saturated carbocycles. The largest absolute Gasteiger partial charge is 0.370 e. The summed E-state index contributed by atoms with van der Waals surface area (Å²) in [5.74, 6) is 1.33. The molecule has 33 heavy (non-hydrogen) atoms. The van der Waals surface area contributed by atoms with Gasteiger partial charge in [0.2, 0.25) is 11.2 Å². The van der Waals surface area contributed by atoms with Gasteiger partial charge in [-0.25, -0.2) is 19.9 Å². The molecule has 0 amide bonds. The van der Waals surface area contributed by atoms with Crippen molar-refractivity contribution in [3.63, 3.8) is 0 Å². The van der Waals surface area contributed by atoms with E-state index < -0.39 is 11.2 Å².